The Morgan fingerprint density at radius 1 is 1.43 bits per heavy atom. The zero-order chi connectivity index (χ0) is 16.2. The molecule has 1 amide bonds. The molecule has 1 unspecified atom stereocenters. The number of hydrogen-bond acceptors (Lipinski definition) is 3. The van der Waals surface area contributed by atoms with Gasteiger partial charge in [0.1, 0.15) is 5.75 Å². The zero-order valence-corrected chi connectivity index (χ0v) is 13.9. The van der Waals surface area contributed by atoms with Crippen LogP contribution in [0.15, 0.2) is 18.2 Å². The highest BCUT2D eigenvalue weighted by Crippen LogP contribution is 2.69. The van der Waals surface area contributed by atoms with E-state index in [1.165, 1.54) is 30.4 Å². The monoisotopic (exact) mass is 315 g/mol. The minimum Gasteiger partial charge on any atom is -0.508 e. The van der Waals surface area contributed by atoms with Gasteiger partial charge in [-0.1, -0.05) is 6.07 Å². The van der Waals surface area contributed by atoms with E-state index in [9.17, 15) is 9.90 Å². The van der Waals surface area contributed by atoms with Gasteiger partial charge in [0.2, 0.25) is 0 Å². The van der Waals surface area contributed by atoms with Crippen molar-refractivity contribution in [2.75, 3.05) is 13.2 Å². The Labute approximate surface area is 137 Å². The van der Waals surface area contributed by atoms with Gasteiger partial charge in [-0.3, -0.25) is 0 Å². The van der Waals surface area contributed by atoms with Gasteiger partial charge >= 0.3 is 6.09 Å². The number of hydrogen-bond donors (Lipinski definition) is 1. The number of amides is 1. The van der Waals surface area contributed by atoms with Gasteiger partial charge in [-0.2, -0.15) is 0 Å². The van der Waals surface area contributed by atoms with Crippen molar-refractivity contribution >= 4 is 6.09 Å². The summed E-state index contributed by atoms with van der Waals surface area (Å²) in [5, 5.41) is 9.94. The van der Waals surface area contributed by atoms with Crippen LogP contribution in [0.4, 0.5) is 4.79 Å². The normalized spacial score (nSPS) is 33.4. The number of phenols is 1. The van der Waals surface area contributed by atoms with Crippen LogP contribution in [-0.2, 0) is 16.6 Å². The molecule has 1 spiro atoms. The van der Waals surface area contributed by atoms with Crippen molar-refractivity contribution in [2.45, 2.75) is 51.0 Å². The van der Waals surface area contributed by atoms with E-state index in [-0.39, 0.29) is 17.6 Å². The van der Waals surface area contributed by atoms with E-state index in [1.807, 2.05) is 24.8 Å². The number of aromatic hydroxyl groups is 1. The lowest BCUT2D eigenvalue weighted by Crippen LogP contribution is -2.69. The van der Waals surface area contributed by atoms with Gasteiger partial charge < -0.3 is 14.7 Å². The largest absolute Gasteiger partial charge is 0.508 e. The number of ether oxygens (including phenoxy) is 1. The summed E-state index contributed by atoms with van der Waals surface area (Å²) in [6, 6.07) is 6.03. The molecule has 1 N–H and O–H groups in total. The van der Waals surface area contributed by atoms with Gasteiger partial charge in [-0.25, -0.2) is 4.79 Å². The van der Waals surface area contributed by atoms with E-state index in [2.05, 4.69) is 6.07 Å². The number of carbonyl (C=O) groups is 1. The standard InChI is InChI=1S/C19H25NO3/c1-3-20(18(22)23-4-2)17-9-12-5-6-14(21)11-15(12)19-8-7-13(19)10-16(17)19/h5-6,11,13,16-17,21H,3-4,7-10H2,1-2H3/t13-,16-,17+,19?/m1/s1. The number of nitrogens with zero attached hydrogens (tertiary/aromatic N) is 1. The zero-order valence-electron chi connectivity index (χ0n) is 13.9. The first-order valence-electron chi connectivity index (χ1n) is 8.87. The van der Waals surface area contributed by atoms with E-state index in [1.54, 1.807) is 6.07 Å². The van der Waals surface area contributed by atoms with Crippen molar-refractivity contribution < 1.29 is 14.6 Å². The van der Waals surface area contributed by atoms with E-state index in [0.717, 1.165) is 12.3 Å². The van der Waals surface area contributed by atoms with Gasteiger partial charge in [-0.05, 0) is 74.6 Å². The van der Waals surface area contributed by atoms with Crippen molar-refractivity contribution in [1.82, 2.24) is 4.90 Å². The second kappa shape index (κ2) is 5.15. The van der Waals surface area contributed by atoms with Gasteiger partial charge in [0, 0.05) is 18.0 Å². The number of carbonyl (C=O) groups excluding carboxylic acids is 1. The van der Waals surface area contributed by atoms with Crippen molar-refractivity contribution in [3.8, 4) is 5.75 Å². The molecule has 0 heterocycles. The Morgan fingerprint density at radius 3 is 2.87 bits per heavy atom. The Balaban J connectivity index is 1.72. The lowest BCUT2D eigenvalue weighted by molar-refractivity contribution is -0.113. The van der Waals surface area contributed by atoms with Gasteiger partial charge in [0.15, 0.2) is 0 Å². The molecule has 2 saturated carbocycles. The summed E-state index contributed by atoms with van der Waals surface area (Å²) in [4.78, 5) is 14.3. The Hall–Kier alpha value is -1.71. The maximum absolute atomic E-state index is 12.4. The molecule has 0 saturated heterocycles. The fourth-order valence-electron chi connectivity index (χ4n) is 5.46. The summed E-state index contributed by atoms with van der Waals surface area (Å²) in [6.45, 7) is 5.00. The van der Waals surface area contributed by atoms with Crippen LogP contribution in [0.1, 0.15) is 44.2 Å². The molecule has 124 valence electrons. The third-order valence-corrected chi connectivity index (χ3v) is 6.57. The molecular weight excluding hydrogens is 290 g/mol. The lowest BCUT2D eigenvalue weighted by Gasteiger charge is -2.69. The fourth-order valence-corrected chi connectivity index (χ4v) is 5.46. The molecule has 1 aromatic rings. The van der Waals surface area contributed by atoms with Crippen molar-refractivity contribution in [3.05, 3.63) is 29.3 Å². The van der Waals surface area contributed by atoms with Gasteiger partial charge in [0.25, 0.3) is 0 Å². The Kier molecular flexibility index (Phi) is 3.33. The van der Waals surface area contributed by atoms with Crippen LogP contribution in [0.5, 0.6) is 5.75 Å². The minimum absolute atomic E-state index is 0.180. The summed E-state index contributed by atoms with van der Waals surface area (Å²) in [7, 11) is 0. The van der Waals surface area contributed by atoms with Gasteiger partial charge in [0.05, 0.1) is 6.61 Å². The first kappa shape index (κ1) is 14.9. The first-order chi connectivity index (χ1) is 11.1. The molecule has 0 bridgehead atoms. The molecule has 2 fully saturated rings. The number of fused-ring (bicyclic) bond motifs is 1. The maximum Gasteiger partial charge on any atom is 0.410 e. The van der Waals surface area contributed by atoms with Crippen molar-refractivity contribution in [2.24, 2.45) is 11.8 Å². The fraction of sp³-hybridized carbons (Fsp3) is 0.632. The van der Waals surface area contributed by atoms with Crippen molar-refractivity contribution in [1.29, 1.82) is 0 Å². The molecule has 3 aliphatic rings. The third-order valence-electron chi connectivity index (χ3n) is 6.57. The highest BCUT2D eigenvalue weighted by atomic mass is 16.6. The van der Waals surface area contributed by atoms with Crippen LogP contribution in [0.2, 0.25) is 0 Å². The van der Waals surface area contributed by atoms with Crippen LogP contribution in [0.25, 0.3) is 0 Å². The highest BCUT2D eigenvalue weighted by Gasteiger charge is 2.66. The average Bonchev–Trinajstić information content (AvgIpc) is 2.52. The molecule has 4 heteroatoms. The number of phenolic OH excluding ortho intramolecular Hbond substituents is 1. The predicted octanol–water partition coefficient (Wildman–Crippen LogP) is 3.46. The number of likely N-dealkylation sites (N-methyl/N-ethyl adjacent to an activating group) is 1. The van der Waals surface area contributed by atoms with Crippen molar-refractivity contribution in [3.63, 3.8) is 0 Å². The second-order valence-electron chi connectivity index (χ2n) is 7.22. The lowest BCUT2D eigenvalue weighted by atomic mass is 9.36. The Bertz CT molecular complexity index is 644. The molecule has 4 atom stereocenters. The van der Waals surface area contributed by atoms with E-state index < -0.39 is 0 Å². The minimum atomic E-state index is -0.180. The molecule has 0 aliphatic heterocycles. The smallest absolute Gasteiger partial charge is 0.410 e. The quantitative estimate of drug-likeness (QED) is 0.929. The Morgan fingerprint density at radius 2 is 2.26 bits per heavy atom. The maximum atomic E-state index is 12.4. The van der Waals surface area contributed by atoms with Crippen LogP contribution in [0.3, 0.4) is 0 Å². The predicted molar refractivity (Wildman–Crippen MR) is 87.5 cm³/mol. The first-order valence-corrected chi connectivity index (χ1v) is 8.87. The molecule has 1 aromatic carbocycles. The van der Waals surface area contributed by atoms with Crippen LogP contribution in [-0.4, -0.2) is 35.3 Å². The summed E-state index contributed by atoms with van der Waals surface area (Å²) < 4.78 is 5.29. The molecule has 4 nitrogen and oxygen atoms in total. The van der Waals surface area contributed by atoms with Gasteiger partial charge in [-0.15, -0.1) is 0 Å². The topological polar surface area (TPSA) is 49.8 Å². The molecule has 0 radical (unpaired) electrons. The van der Waals surface area contributed by atoms with Crippen LogP contribution >= 0.6 is 0 Å². The molecule has 23 heavy (non-hydrogen) atoms. The van der Waals surface area contributed by atoms with Crippen LogP contribution < -0.4 is 0 Å². The second-order valence-corrected chi connectivity index (χ2v) is 7.22. The third kappa shape index (κ3) is 1.87. The summed E-state index contributed by atoms with van der Waals surface area (Å²) in [6.07, 6.45) is 4.37. The molecule has 3 aliphatic carbocycles. The number of benzene rings is 1. The summed E-state index contributed by atoms with van der Waals surface area (Å²) in [5.41, 5.74) is 2.86. The van der Waals surface area contributed by atoms with E-state index in [0.29, 0.717) is 24.8 Å². The van der Waals surface area contributed by atoms with E-state index >= 15 is 0 Å². The molecule has 0 aromatic heterocycles. The summed E-state index contributed by atoms with van der Waals surface area (Å²) >= 11 is 0. The SMILES string of the molecule is CCOC(=O)N(CC)[C@H]1Cc2ccc(O)cc2C23CC[C@@H]2C[C@H]13. The van der Waals surface area contributed by atoms with E-state index in [4.69, 9.17) is 4.74 Å². The molecule has 4 rings (SSSR count). The van der Waals surface area contributed by atoms with Crippen LogP contribution in [0, 0.1) is 11.8 Å². The average molecular weight is 315 g/mol. The molecular formula is C19H25NO3. The summed E-state index contributed by atoms with van der Waals surface area (Å²) in [5.74, 6) is 1.61. The number of rotatable bonds is 3. The highest BCUT2D eigenvalue weighted by molar-refractivity contribution is 5.68.